The molecule has 1 rings (SSSR count). The van der Waals surface area contributed by atoms with Crippen LogP contribution in [-0.2, 0) is 9.36 Å². The minimum atomic E-state index is -4.43. The molecule has 9 heteroatoms. The second-order valence-corrected chi connectivity index (χ2v) is 4.71. The van der Waals surface area contributed by atoms with Gasteiger partial charge in [0.05, 0.1) is 0 Å². The zero-order chi connectivity index (χ0) is 12.9. The summed E-state index contributed by atoms with van der Waals surface area (Å²) in [6.07, 6.45) is 1.81. The number of hydrogen-bond acceptors (Lipinski definition) is 4. The molecule has 1 aromatic rings. The number of amides is 2. The van der Waals surface area contributed by atoms with Crippen molar-refractivity contribution in [3.05, 3.63) is 30.1 Å². The van der Waals surface area contributed by atoms with Crippen molar-refractivity contribution >= 4 is 19.4 Å². The van der Waals surface area contributed by atoms with Gasteiger partial charge in [0, 0.05) is 18.0 Å². The van der Waals surface area contributed by atoms with E-state index in [2.05, 4.69) is 4.98 Å². The van der Waals surface area contributed by atoms with E-state index in [1.165, 1.54) is 24.5 Å². The maximum atomic E-state index is 11.4. The van der Waals surface area contributed by atoms with Gasteiger partial charge in [-0.2, -0.15) is 0 Å². The molecule has 1 heterocycles. The molecule has 0 spiro atoms. The lowest BCUT2D eigenvalue weighted by Crippen LogP contribution is -2.42. The van der Waals surface area contributed by atoms with Crippen LogP contribution in [0.4, 0.5) is 0 Å². The van der Waals surface area contributed by atoms with Gasteiger partial charge in [-0.1, -0.05) is 0 Å². The Morgan fingerprint density at radius 3 is 2.35 bits per heavy atom. The Labute approximate surface area is 96.2 Å². The highest BCUT2D eigenvalue weighted by molar-refractivity contribution is 7.52. The number of pyridine rings is 1. The predicted octanol–water partition coefficient (Wildman–Crippen LogP) is -0.980. The Balaban J connectivity index is 2.44. The smallest absolute Gasteiger partial charge is 0.324 e. The lowest BCUT2D eigenvalue weighted by atomic mass is 10.3. The molecule has 17 heavy (non-hydrogen) atoms. The Morgan fingerprint density at radius 1 is 1.24 bits per heavy atom. The van der Waals surface area contributed by atoms with Crippen LogP contribution in [0.2, 0.25) is 0 Å². The number of hydrazine groups is 1. The highest BCUT2D eigenvalue weighted by atomic mass is 31.2. The highest BCUT2D eigenvalue weighted by Crippen LogP contribution is 2.33. The van der Waals surface area contributed by atoms with Crippen LogP contribution >= 0.6 is 7.60 Å². The van der Waals surface area contributed by atoms with Crippen LogP contribution in [0.25, 0.3) is 0 Å². The molecule has 0 bridgehead atoms. The molecule has 0 aromatic carbocycles. The lowest BCUT2D eigenvalue weighted by Gasteiger charge is -2.07. The number of hydrogen-bond donors (Lipinski definition) is 4. The molecule has 2 amide bonds. The Hall–Kier alpha value is -1.76. The minimum absolute atomic E-state index is 0.261. The summed E-state index contributed by atoms with van der Waals surface area (Å²) in [5.74, 6) is -1.58. The first-order valence-corrected chi connectivity index (χ1v) is 6.22. The fourth-order valence-corrected chi connectivity index (χ4v) is 1.38. The molecule has 0 aliphatic heterocycles. The third-order valence-electron chi connectivity index (χ3n) is 1.61. The fraction of sp³-hybridized carbons (Fsp3) is 0.125. The van der Waals surface area contributed by atoms with Gasteiger partial charge in [-0.05, 0) is 12.1 Å². The average Bonchev–Trinajstić information content (AvgIpc) is 2.25. The number of nitrogens with zero attached hydrogens (tertiary/aromatic N) is 1. The highest BCUT2D eigenvalue weighted by Gasteiger charge is 2.19. The van der Waals surface area contributed by atoms with Crippen LogP contribution in [0.5, 0.6) is 0 Å². The first-order chi connectivity index (χ1) is 7.88. The van der Waals surface area contributed by atoms with Crippen molar-refractivity contribution in [2.45, 2.75) is 0 Å². The molecular weight excluding hydrogens is 249 g/mol. The summed E-state index contributed by atoms with van der Waals surface area (Å²) in [6.45, 7) is 0. The summed E-state index contributed by atoms with van der Waals surface area (Å²) < 4.78 is 10.5. The summed E-state index contributed by atoms with van der Waals surface area (Å²) in [5, 5.41) is 0. The standard InChI is InChI=1S/C8H10N3O5P/c12-7(5-17(14,15)16)10-11-8(13)6-1-3-9-4-2-6/h1-4H,5H2,(H,10,12)(H,11,13)(H2,14,15,16). The summed E-state index contributed by atoms with van der Waals surface area (Å²) >= 11 is 0. The molecule has 4 N–H and O–H groups in total. The summed E-state index contributed by atoms with van der Waals surface area (Å²) in [7, 11) is -4.43. The van der Waals surface area contributed by atoms with Gasteiger partial charge in [-0.3, -0.25) is 30.0 Å². The van der Waals surface area contributed by atoms with Crippen LogP contribution in [-0.4, -0.2) is 32.7 Å². The number of rotatable bonds is 3. The lowest BCUT2D eigenvalue weighted by molar-refractivity contribution is -0.119. The second-order valence-electron chi connectivity index (χ2n) is 3.06. The van der Waals surface area contributed by atoms with Crippen molar-refractivity contribution < 1.29 is 23.9 Å². The molecule has 8 nitrogen and oxygen atoms in total. The van der Waals surface area contributed by atoms with E-state index >= 15 is 0 Å². The van der Waals surface area contributed by atoms with Crippen LogP contribution in [0.1, 0.15) is 10.4 Å². The molecule has 0 saturated heterocycles. The zero-order valence-corrected chi connectivity index (χ0v) is 9.42. The predicted molar refractivity (Wildman–Crippen MR) is 56.8 cm³/mol. The van der Waals surface area contributed by atoms with Gasteiger partial charge in [-0.25, -0.2) is 0 Å². The largest absolute Gasteiger partial charge is 0.334 e. The monoisotopic (exact) mass is 259 g/mol. The van der Waals surface area contributed by atoms with Gasteiger partial charge < -0.3 is 9.79 Å². The fourth-order valence-electron chi connectivity index (χ4n) is 0.929. The third-order valence-corrected chi connectivity index (χ3v) is 2.31. The maximum Gasteiger partial charge on any atom is 0.334 e. The first-order valence-electron chi connectivity index (χ1n) is 4.42. The van der Waals surface area contributed by atoms with Crippen molar-refractivity contribution in [2.75, 3.05) is 6.16 Å². The number of aromatic nitrogens is 1. The van der Waals surface area contributed by atoms with Gasteiger partial charge in [-0.15, -0.1) is 0 Å². The van der Waals surface area contributed by atoms with Gasteiger partial charge in [0.2, 0.25) is 0 Å². The Kier molecular flexibility index (Phi) is 4.33. The maximum absolute atomic E-state index is 11.4. The van der Waals surface area contributed by atoms with Crippen molar-refractivity contribution in [1.82, 2.24) is 15.8 Å². The summed E-state index contributed by atoms with van der Waals surface area (Å²) in [4.78, 5) is 43.0. The zero-order valence-electron chi connectivity index (χ0n) is 8.53. The van der Waals surface area contributed by atoms with E-state index in [1.807, 2.05) is 10.9 Å². The first kappa shape index (κ1) is 13.3. The quantitative estimate of drug-likeness (QED) is 0.408. The molecular formula is C8H10N3O5P. The van der Waals surface area contributed by atoms with Gasteiger partial charge >= 0.3 is 7.60 Å². The molecule has 0 radical (unpaired) electrons. The normalized spacial score (nSPS) is 10.7. The Bertz CT molecular complexity index is 457. The molecule has 0 fully saturated rings. The Morgan fingerprint density at radius 2 is 1.82 bits per heavy atom. The van der Waals surface area contributed by atoms with Crippen LogP contribution in [0, 0.1) is 0 Å². The number of carbonyl (C=O) groups excluding carboxylic acids is 2. The van der Waals surface area contributed by atoms with E-state index in [0.717, 1.165) is 0 Å². The average molecular weight is 259 g/mol. The van der Waals surface area contributed by atoms with Crippen LogP contribution < -0.4 is 10.9 Å². The number of carbonyl (C=O) groups is 2. The SMILES string of the molecule is O=C(CP(=O)(O)O)NNC(=O)c1ccncc1. The molecule has 0 atom stereocenters. The minimum Gasteiger partial charge on any atom is -0.324 e. The summed E-state index contributed by atoms with van der Waals surface area (Å²) in [6, 6.07) is 2.84. The van der Waals surface area contributed by atoms with E-state index in [1.54, 1.807) is 0 Å². The van der Waals surface area contributed by atoms with Gasteiger partial charge in [0.15, 0.2) is 0 Å². The second kappa shape index (κ2) is 5.53. The van der Waals surface area contributed by atoms with Crippen molar-refractivity contribution in [2.24, 2.45) is 0 Å². The van der Waals surface area contributed by atoms with Crippen LogP contribution in [0.3, 0.4) is 0 Å². The van der Waals surface area contributed by atoms with Gasteiger partial charge in [0.25, 0.3) is 11.8 Å². The van der Waals surface area contributed by atoms with E-state index in [-0.39, 0.29) is 5.56 Å². The van der Waals surface area contributed by atoms with Crippen molar-refractivity contribution in [3.8, 4) is 0 Å². The van der Waals surface area contributed by atoms with E-state index < -0.39 is 25.6 Å². The molecule has 0 aliphatic rings. The van der Waals surface area contributed by atoms with Crippen LogP contribution in [0.15, 0.2) is 24.5 Å². The van der Waals surface area contributed by atoms with Crippen molar-refractivity contribution in [1.29, 1.82) is 0 Å². The number of nitrogens with one attached hydrogen (secondary N) is 2. The van der Waals surface area contributed by atoms with Gasteiger partial charge in [0.1, 0.15) is 6.16 Å². The molecule has 0 unspecified atom stereocenters. The topological polar surface area (TPSA) is 129 Å². The van der Waals surface area contributed by atoms with E-state index in [4.69, 9.17) is 9.79 Å². The third kappa shape index (κ3) is 5.21. The molecule has 0 aliphatic carbocycles. The summed E-state index contributed by atoms with van der Waals surface area (Å²) in [5.41, 5.74) is 4.16. The molecule has 1 aromatic heterocycles. The van der Waals surface area contributed by atoms with E-state index in [9.17, 15) is 14.2 Å². The van der Waals surface area contributed by atoms with E-state index in [0.29, 0.717) is 0 Å². The molecule has 92 valence electrons. The molecule has 0 saturated carbocycles. The van der Waals surface area contributed by atoms with Crippen molar-refractivity contribution in [3.63, 3.8) is 0 Å².